The normalized spacial score (nSPS) is 10.8. The maximum atomic E-state index is 5.20. The first-order valence-electron chi connectivity index (χ1n) is 4.60. The smallest absolute Gasteiger partial charge is 0.216 e. The van der Waals surface area contributed by atoms with Crippen molar-refractivity contribution in [2.75, 3.05) is 7.11 Å². The number of aromatic nitrogens is 3. The molecule has 16 heavy (non-hydrogen) atoms. The van der Waals surface area contributed by atoms with Crippen LogP contribution in [0.1, 0.15) is 5.56 Å². The second kappa shape index (κ2) is 4.71. The number of nitrogens with zero attached hydrogens (tertiary/aromatic N) is 3. The molecule has 1 aromatic carbocycles. The van der Waals surface area contributed by atoms with Gasteiger partial charge in [0.25, 0.3) is 0 Å². The molecule has 6 heteroatoms. The van der Waals surface area contributed by atoms with Crippen molar-refractivity contribution in [3.63, 3.8) is 0 Å². The van der Waals surface area contributed by atoms with Crippen LogP contribution in [0.25, 0.3) is 0 Å². The van der Waals surface area contributed by atoms with Crippen LogP contribution in [-0.4, -0.2) is 28.2 Å². The van der Waals surface area contributed by atoms with E-state index in [2.05, 4.69) is 15.3 Å². The van der Waals surface area contributed by atoms with E-state index in [9.17, 15) is 0 Å². The van der Waals surface area contributed by atoms with Crippen LogP contribution in [0.2, 0.25) is 0 Å². The second-order valence-electron chi connectivity index (χ2n) is 2.99. The number of H-pyrrole nitrogens is 1. The van der Waals surface area contributed by atoms with Gasteiger partial charge in [-0.3, -0.25) is 5.10 Å². The number of benzene rings is 1. The van der Waals surface area contributed by atoms with Crippen molar-refractivity contribution in [1.29, 1.82) is 0 Å². The van der Waals surface area contributed by atoms with Crippen molar-refractivity contribution in [3.8, 4) is 5.75 Å². The van der Waals surface area contributed by atoms with Crippen LogP contribution in [0.4, 0.5) is 0 Å². The predicted octanol–water partition coefficient (Wildman–Crippen LogP) is 1.83. The average molecular weight is 234 g/mol. The number of ether oxygens (including phenoxy) is 1. The number of nitrogens with one attached hydrogen (secondary N) is 1. The Morgan fingerprint density at radius 3 is 3.00 bits per heavy atom. The first-order valence-corrected chi connectivity index (χ1v) is 5.01. The molecule has 0 saturated heterocycles. The fourth-order valence-electron chi connectivity index (χ4n) is 1.22. The highest BCUT2D eigenvalue weighted by atomic mass is 32.1. The van der Waals surface area contributed by atoms with Crippen LogP contribution in [0.5, 0.6) is 5.75 Å². The van der Waals surface area contributed by atoms with Gasteiger partial charge in [0.2, 0.25) is 4.77 Å². The Kier molecular flexibility index (Phi) is 3.11. The third-order valence-electron chi connectivity index (χ3n) is 2.00. The van der Waals surface area contributed by atoms with Crippen molar-refractivity contribution in [2.45, 2.75) is 0 Å². The summed E-state index contributed by atoms with van der Waals surface area (Å²) in [6, 6.07) is 7.60. The second-order valence-corrected chi connectivity index (χ2v) is 3.38. The lowest BCUT2D eigenvalue weighted by molar-refractivity contribution is 0.414. The summed E-state index contributed by atoms with van der Waals surface area (Å²) in [4.78, 5) is 0. The van der Waals surface area contributed by atoms with E-state index in [4.69, 9.17) is 17.0 Å². The van der Waals surface area contributed by atoms with Gasteiger partial charge >= 0.3 is 0 Å². The molecule has 1 aromatic heterocycles. The Balaban J connectivity index is 2.30. The van der Waals surface area contributed by atoms with Gasteiger partial charge in [-0.05, 0) is 24.4 Å². The van der Waals surface area contributed by atoms with Crippen LogP contribution in [0.15, 0.2) is 35.7 Å². The molecule has 82 valence electrons. The predicted molar refractivity (Wildman–Crippen MR) is 63.4 cm³/mol. The number of hydrogen-bond acceptors (Lipinski definition) is 4. The third-order valence-corrected chi connectivity index (χ3v) is 2.27. The number of hydrogen-bond donors (Lipinski definition) is 1. The molecule has 0 aliphatic rings. The maximum absolute atomic E-state index is 5.20. The van der Waals surface area contributed by atoms with E-state index in [-0.39, 0.29) is 0 Å². The summed E-state index contributed by atoms with van der Waals surface area (Å²) >= 11 is 4.96. The Bertz CT molecular complexity index is 558. The fraction of sp³-hybridized carbons (Fsp3) is 0.100. The quantitative estimate of drug-likeness (QED) is 0.651. The van der Waals surface area contributed by atoms with Gasteiger partial charge in [0.05, 0.1) is 13.3 Å². The lowest BCUT2D eigenvalue weighted by Gasteiger charge is -2.02. The van der Waals surface area contributed by atoms with E-state index in [0.717, 1.165) is 11.3 Å². The zero-order chi connectivity index (χ0) is 11.4. The number of para-hydroxylation sites is 1. The van der Waals surface area contributed by atoms with Gasteiger partial charge in [0.1, 0.15) is 12.1 Å². The van der Waals surface area contributed by atoms with E-state index in [1.165, 1.54) is 11.0 Å². The van der Waals surface area contributed by atoms with Crippen LogP contribution in [0, 0.1) is 4.77 Å². The standard InChI is InChI=1S/C10H10N4OS/c1-15-9-5-3-2-4-8(9)6-12-14-7-11-13-10(14)16/h2-7H,1H3,(H,13,16)/b12-6+. The molecule has 5 nitrogen and oxygen atoms in total. The highest BCUT2D eigenvalue weighted by Gasteiger charge is 1.97. The van der Waals surface area contributed by atoms with Crippen molar-refractivity contribution in [2.24, 2.45) is 5.10 Å². The first kappa shape index (κ1) is 10.6. The molecule has 0 bridgehead atoms. The zero-order valence-electron chi connectivity index (χ0n) is 8.62. The SMILES string of the molecule is COc1ccccc1/C=N/n1cn[nH]c1=S. The maximum Gasteiger partial charge on any atom is 0.216 e. The van der Waals surface area contributed by atoms with Crippen LogP contribution >= 0.6 is 12.2 Å². The van der Waals surface area contributed by atoms with Crippen LogP contribution in [-0.2, 0) is 0 Å². The zero-order valence-corrected chi connectivity index (χ0v) is 9.44. The molecule has 1 heterocycles. The van der Waals surface area contributed by atoms with E-state index in [1.807, 2.05) is 24.3 Å². The molecule has 0 aliphatic heterocycles. The lowest BCUT2D eigenvalue weighted by atomic mass is 10.2. The summed E-state index contributed by atoms with van der Waals surface area (Å²) in [6.45, 7) is 0. The minimum Gasteiger partial charge on any atom is -0.496 e. The van der Waals surface area contributed by atoms with Gasteiger partial charge in [0.15, 0.2) is 0 Å². The lowest BCUT2D eigenvalue weighted by Crippen LogP contribution is -1.92. The van der Waals surface area contributed by atoms with Crippen molar-refractivity contribution >= 4 is 18.4 Å². The Labute approximate surface area is 97.4 Å². The highest BCUT2D eigenvalue weighted by molar-refractivity contribution is 7.71. The summed E-state index contributed by atoms with van der Waals surface area (Å²) < 4.78 is 7.12. The Hall–Kier alpha value is -1.95. The number of methoxy groups -OCH3 is 1. The van der Waals surface area contributed by atoms with E-state index in [1.54, 1.807) is 13.3 Å². The summed E-state index contributed by atoms with van der Waals surface area (Å²) in [5, 5.41) is 10.5. The van der Waals surface area contributed by atoms with Gasteiger partial charge in [-0.15, -0.1) is 0 Å². The monoisotopic (exact) mass is 234 g/mol. The van der Waals surface area contributed by atoms with Crippen LogP contribution < -0.4 is 4.74 Å². The topological polar surface area (TPSA) is 55.2 Å². The molecule has 0 aliphatic carbocycles. The molecule has 0 unspecified atom stereocenters. The van der Waals surface area contributed by atoms with Gasteiger partial charge < -0.3 is 4.74 Å². The van der Waals surface area contributed by atoms with E-state index < -0.39 is 0 Å². The third kappa shape index (κ3) is 2.17. The molecule has 0 spiro atoms. The van der Waals surface area contributed by atoms with Crippen molar-refractivity contribution in [3.05, 3.63) is 40.9 Å². The van der Waals surface area contributed by atoms with Crippen molar-refractivity contribution in [1.82, 2.24) is 14.9 Å². The molecule has 0 fully saturated rings. The van der Waals surface area contributed by atoms with E-state index in [0.29, 0.717) is 4.77 Å². The largest absolute Gasteiger partial charge is 0.496 e. The Morgan fingerprint density at radius 2 is 2.31 bits per heavy atom. The molecule has 0 radical (unpaired) electrons. The highest BCUT2D eigenvalue weighted by Crippen LogP contribution is 2.14. The van der Waals surface area contributed by atoms with Crippen molar-refractivity contribution < 1.29 is 4.74 Å². The minimum absolute atomic E-state index is 0.450. The summed E-state index contributed by atoms with van der Waals surface area (Å²) in [5.41, 5.74) is 0.883. The molecular formula is C10H10N4OS. The van der Waals surface area contributed by atoms with Gasteiger partial charge in [-0.2, -0.15) is 14.9 Å². The summed E-state index contributed by atoms with van der Waals surface area (Å²) in [6.07, 6.45) is 3.18. The molecule has 1 N–H and O–H groups in total. The van der Waals surface area contributed by atoms with Gasteiger partial charge in [-0.1, -0.05) is 12.1 Å². The van der Waals surface area contributed by atoms with Gasteiger partial charge in [-0.25, -0.2) is 0 Å². The summed E-state index contributed by atoms with van der Waals surface area (Å²) in [5.74, 6) is 0.765. The molecule has 0 atom stereocenters. The number of rotatable bonds is 3. The minimum atomic E-state index is 0.450. The summed E-state index contributed by atoms with van der Waals surface area (Å²) in [7, 11) is 1.62. The van der Waals surface area contributed by atoms with Gasteiger partial charge in [0, 0.05) is 5.56 Å². The molecule has 2 aromatic rings. The fourth-order valence-corrected chi connectivity index (χ4v) is 1.37. The molecule has 2 rings (SSSR count). The van der Waals surface area contributed by atoms with E-state index >= 15 is 0 Å². The molecule has 0 saturated carbocycles. The Morgan fingerprint density at radius 1 is 1.50 bits per heavy atom. The molecular weight excluding hydrogens is 224 g/mol. The first-order chi connectivity index (χ1) is 7.81. The molecule has 0 amide bonds. The number of aromatic amines is 1. The average Bonchev–Trinajstić information content (AvgIpc) is 2.72. The van der Waals surface area contributed by atoms with Crippen LogP contribution in [0.3, 0.4) is 0 Å².